The van der Waals surface area contributed by atoms with Crippen LogP contribution in [0.1, 0.15) is 31.4 Å². The number of thiophene rings is 1. The quantitative estimate of drug-likeness (QED) is 0.502. The van der Waals surface area contributed by atoms with Crippen molar-refractivity contribution in [2.24, 2.45) is 5.92 Å². The van der Waals surface area contributed by atoms with E-state index in [0.717, 1.165) is 23.2 Å². The maximum Gasteiger partial charge on any atom is 0.263 e. The molecule has 1 N–H and O–H groups in total. The van der Waals surface area contributed by atoms with Gasteiger partial charge in [0, 0.05) is 12.2 Å². The highest BCUT2D eigenvalue weighted by Gasteiger charge is 2.32. The lowest BCUT2D eigenvalue weighted by Crippen LogP contribution is -2.27. The molecule has 3 aromatic heterocycles. The van der Waals surface area contributed by atoms with Crippen molar-refractivity contribution in [1.82, 2.24) is 14.5 Å². The number of hydrogen-bond acceptors (Lipinski definition) is 6. The van der Waals surface area contributed by atoms with E-state index in [9.17, 15) is 9.59 Å². The van der Waals surface area contributed by atoms with Gasteiger partial charge in [0.1, 0.15) is 10.6 Å². The van der Waals surface area contributed by atoms with Crippen LogP contribution in [-0.2, 0) is 4.79 Å². The smallest absolute Gasteiger partial charge is 0.263 e. The van der Waals surface area contributed by atoms with Crippen molar-refractivity contribution in [2.45, 2.75) is 37.9 Å². The van der Waals surface area contributed by atoms with Gasteiger partial charge in [0.15, 0.2) is 5.16 Å². The second-order valence-corrected chi connectivity index (χ2v) is 8.68. The molecule has 6 nitrogen and oxygen atoms in total. The van der Waals surface area contributed by atoms with Gasteiger partial charge in [-0.1, -0.05) is 17.8 Å². The average molecular weight is 401 g/mol. The molecular formula is C19H20N4O2S2. The fourth-order valence-corrected chi connectivity index (χ4v) is 4.70. The summed E-state index contributed by atoms with van der Waals surface area (Å²) in [5, 5.41) is 5.94. The van der Waals surface area contributed by atoms with E-state index < -0.39 is 0 Å². The monoisotopic (exact) mass is 400 g/mol. The Bertz CT molecular complexity index is 1040. The third-order valence-corrected chi connectivity index (χ3v) is 6.48. The summed E-state index contributed by atoms with van der Waals surface area (Å²) in [6.45, 7) is 4.01. The van der Waals surface area contributed by atoms with E-state index >= 15 is 0 Å². The Morgan fingerprint density at radius 3 is 2.93 bits per heavy atom. The number of pyridine rings is 1. The van der Waals surface area contributed by atoms with Crippen LogP contribution in [0, 0.1) is 12.8 Å². The Morgan fingerprint density at radius 1 is 1.41 bits per heavy atom. The molecule has 0 bridgehead atoms. The first kappa shape index (κ1) is 18.2. The first-order chi connectivity index (χ1) is 13.0. The van der Waals surface area contributed by atoms with Crippen molar-refractivity contribution in [1.29, 1.82) is 0 Å². The molecule has 1 aliphatic carbocycles. The van der Waals surface area contributed by atoms with Crippen molar-refractivity contribution in [3.05, 3.63) is 45.7 Å². The number of nitrogens with zero attached hydrogens (tertiary/aromatic N) is 3. The largest absolute Gasteiger partial charge is 0.310 e. The molecule has 1 aliphatic rings. The molecule has 0 radical (unpaired) electrons. The predicted molar refractivity (Wildman–Crippen MR) is 110 cm³/mol. The Labute approximate surface area is 165 Å². The van der Waals surface area contributed by atoms with E-state index in [2.05, 4.69) is 22.2 Å². The third-order valence-electron chi connectivity index (χ3n) is 4.72. The van der Waals surface area contributed by atoms with Crippen LogP contribution < -0.4 is 10.9 Å². The summed E-state index contributed by atoms with van der Waals surface area (Å²) in [7, 11) is 0. The molecule has 8 heteroatoms. The van der Waals surface area contributed by atoms with Crippen molar-refractivity contribution in [3.63, 3.8) is 0 Å². The molecule has 1 fully saturated rings. The number of rotatable bonds is 6. The number of carbonyl (C=O) groups excluding carboxylic acids is 1. The fraction of sp³-hybridized carbons (Fsp3) is 0.368. The van der Waals surface area contributed by atoms with Crippen LogP contribution >= 0.6 is 23.1 Å². The van der Waals surface area contributed by atoms with Gasteiger partial charge < -0.3 is 5.32 Å². The van der Waals surface area contributed by atoms with Crippen LogP contribution in [0.2, 0.25) is 0 Å². The molecule has 1 unspecified atom stereocenters. The second kappa shape index (κ2) is 7.44. The summed E-state index contributed by atoms with van der Waals surface area (Å²) < 4.78 is 1.77. The molecule has 1 atom stereocenters. The van der Waals surface area contributed by atoms with Crippen LogP contribution in [-0.4, -0.2) is 26.2 Å². The van der Waals surface area contributed by atoms with E-state index in [4.69, 9.17) is 0 Å². The first-order valence-electron chi connectivity index (χ1n) is 8.88. The molecule has 0 spiro atoms. The van der Waals surface area contributed by atoms with Gasteiger partial charge in [0.05, 0.1) is 11.1 Å². The zero-order valence-corrected chi connectivity index (χ0v) is 16.8. The summed E-state index contributed by atoms with van der Waals surface area (Å²) in [5.41, 5.74) is 1.03. The number of fused-ring (bicyclic) bond motifs is 1. The van der Waals surface area contributed by atoms with E-state index in [-0.39, 0.29) is 23.3 Å². The lowest BCUT2D eigenvalue weighted by Gasteiger charge is -2.18. The van der Waals surface area contributed by atoms with E-state index in [1.165, 1.54) is 23.1 Å². The van der Waals surface area contributed by atoms with Gasteiger partial charge in [0.25, 0.3) is 5.56 Å². The number of amides is 1. The molecule has 3 aromatic rings. The van der Waals surface area contributed by atoms with Crippen molar-refractivity contribution < 1.29 is 4.79 Å². The van der Waals surface area contributed by atoms with Crippen molar-refractivity contribution >= 4 is 45.0 Å². The van der Waals surface area contributed by atoms with E-state index in [1.807, 2.05) is 24.4 Å². The molecule has 0 saturated heterocycles. The number of carbonyl (C=O) groups is 1. The van der Waals surface area contributed by atoms with Gasteiger partial charge in [-0.2, -0.15) is 0 Å². The molecule has 27 heavy (non-hydrogen) atoms. The highest BCUT2D eigenvalue weighted by Crippen LogP contribution is 2.40. The van der Waals surface area contributed by atoms with Gasteiger partial charge in [0.2, 0.25) is 5.91 Å². The van der Waals surface area contributed by atoms with E-state index in [0.29, 0.717) is 22.3 Å². The molecule has 3 heterocycles. The minimum absolute atomic E-state index is 0.0104. The minimum Gasteiger partial charge on any atom is -0.310 e. The summed E-state index contributed by atoms with van der Waals surface area (Å²) in [5.74, 6) is 1.06. The Morgan fingerprint density at radius 2 is 2.22 bits per heavy atom. The topological polar surface area (TPSA) is 76.9 Å². The summed E-state index contributed by atoms with van der Waals surface area (Å²) in [6, 6.07) is 5.60. The maximum atomic E-state index is 13.0. The predicted octanol–water partition coefficient (Wildman–Crippen LogP) is 3.86. The summed E-state index contributed by atoms with van der Waals surface area (Å²) in [6.07, 6.45) is 3.99. The molecule has 1 amide bonds. The highest BCUT2D eigenvalue weighted by atomic mass is 32.2. The number of aryl methyl sites for hydroxylation is 1. The zero-order chi connectivity index (χ0) is 19.0. The van der Waals surface area contributed by atoms with Crippen LogP contribution in [0.4, 0.5) is 5.82 Å². The van der Waals surface area contributed by atoms with Gasteiger partial charge in [-0.3, -0.25) is 14.2 Å². The minimum atomic E-state index is -0.164. The Hall–Kier alpha value is -2.19. The normalized spacial score (nSPS) is 15.0. The first-order valence-corrected chi connectivity index (χ1v) is 10.7. The molecule has 0 aliphatic heterocycles. The average Bonchev–Trinajstić information content (AvgIpc) is 3.39. The summed E-state index contributed by atoms with van der Waals surface area (Å²) >= 11 is 2.75. The van der Waals surface area contributed by atoms with Crippen LogP contribution in [0.5, 0.6) is 0 Å². The molecule has 140 valence electrons. The van der Waals surface area contributed by atoms with Gasteiger partial charge >= 0.3 is 0 Å². The van der Waals surface area contributed by atoms with Crippen LogP contribution in [0.15, 0.2) is 39.7 Å². The number of thioether (sulfide) groups is 1. The highest BCUT2D eigenvalue weighted by molar-refractivity contribution is 7.99. The second-order valence-electron chi connectivity index (χ2n) is 6.84. The SMILES string of the molecule is Cc1ccc(NC(=O)CSc2nc3sccc3c(=O)n2C(C)C2CC2)nc1. The standard InChI is InChI=1S/C19H20N4O2S2/c1-11-3-6-15(20-9-11)21-16(24)10-27-19-22-17-14(7-8-26-17)18(25)23(19)12(2)13-4-5-13/h3,6-9,12-13H,4-5,10H2,1-2H3,(H,20,21,24). The molecular weight excluding hydrogens is 380 g/mol. The lowest BCUT2D eigenvalue weighted by atomic mass is 10.2. The number of aromatic nitrogens is 3. The Balaban J connectivity index is 1.55. The van der Waals surface area contributed by atoms with Gasteiger partial charge in [-0.15, -0.1) is 11.3 Å². The zero-order valence-electron chi connectivity index (χ0n) is 15.1. The number of nitrogens with one attached hydrogen (secondary N) is 1. The molecule has 4 rings (SSSR count). The third kappa shape index (κ3) is 3.91. The number of anilines is 1. The number of hydrogen-bond donors (Lipinski definition) is 1. The summed E-state index contributed by atoms with van der Waals surface area (Å²) in [4.78, 5) is 34.8. The Kier molecular flexibility index (Phi) is 5.01. The van der Waals surface area contributed by atoms with Gasteiger partial charge in [-0.25, -0.2) is 9.97 Å². The van der Waals surface area contributed by atoms with Crippen molar-refractivity contribution in [3.8, 4) is 0 Å². The van der Waals surface area contributed by atoms with Crippen LogP contribution in [0.3, 0.4) is 0 Å². The van der Waals surface area contributed by atoms with Crippen LogP contribution in [0.25, 0.3) is 10.2 Å². The molecule has 0 aromatic carbocycles. The maximum absolute atomic E-state index is 13.0. The van der Waals surface area contributed by atoms with Crippen molar-refractivity contribution in [2.75, 3.05) is 11.1 Å². The van der Waals surface area contributed by atoms with Gasteiger partial charge in [-0.05, 0) is 55.7 Å². The molecule has 1 saturated carbocycles. The van der Waals surface area contributed by atoms with E-state index in [1.54, 1.807) is 16.8 Å². The lowest BCUT2D eigenvalue weighted by molar-refractivity contribution is -0.113. The fourth-order valence-electron chi connectivity index (χ4n) is 3.01.